The minimum absolute atomic E-state index is 0.246. The number of rotatable bonds is 8. The van der Waals surface area contributed by atoms with Crippen molar-refractivity contribution in [3.8, 4) is 17.2 Å². The number of methoxy groups -OCH3 is 1. The van der Waals surface area contributed by atoms with Crippen molar-refractivity contribution in [2.45, 2.75) is 19.3 Å². The molecule has 2 heterocycles. The Bertz CT molecular complexity index is 1290. The first-order chi connectivity index (χ1) is 16.8. The lowest BCUT2D eigenvalue weighted by Crippen LogP contribution is -2.22. The predicted molar refractivity (Wildman–Crippen MR) is 121 cm³/mol. The van der Waals surface area contributed by atoms with Crippen molar-refractivity contribution in [1.82, 2.24) is 20.1 Å². The Kier molecular flexibility index (Phi) is 7.00. The number of pyridine rings is 1. The fourth-order valence-electron chi connectivity index (χ4n) is 3.25. The van der Waals surface area contributed by atoms with Gasteiger partial charge in [0.05, 0.1) is 12.8 Å². The third-order valence-corrected chi connectivity index (χ3v) is 5.10. The summed E-state index contributed by atoms with van der Waals surface area (Å²) in [6, 6.07) is 16.1. The van der Waals surface area contributed by atoms with E-state index in [1.165, 1.54) is 37.6 Å². The van der Waals surface area contributed by atoms with Crippen molar-refractivity contribution in [1.29, 1.82) is 0 Å². The van der Waals surface area contributed by atoms with E-state index < -0.39 is 11.9 Å². The SMILES string of the molecule is COc1cc(CNC(=O)c2ccc(-n3ccc(C(F)(F)F)n3)cc2)ccc1OCc1ccncc1. The summed E-state index contributed by atoms with van der Waals surface area (Å²) >= 11 is 0. The number of carbonyl (C=O) groups is 1. The van der Waals surface area contributed by atoms with Crippen LogP contribution in [0.25, 0.3) is 5.69 Å². The number of ether oxygens (including phenoxy) is 2. The maximum atomic E-state index is 12.7. The van der Waals surface area contributed by atoms with Gasteiger partial charge in [0, 0.05) is 30.7 Å². The number of alkyl halides is 3. The Balaban J connectivity index is 1.36. The van der Waals surface area contributed by atoms with Gasteiger partial charge in [-0.3, -0.25) is 9.78 Å². The zero-order valence-corrected chi connectivity index (χ0v) is 18.6. The highest BCUT2D eigenvalue weighted by atomic mass is 19.4. The van der Waals surface area contributed by atoms with Crippen LogP contribution in [0.1, 0.15) is 27.2 Å². The van der Waals surface area contributed by atoms with Crippen LogP contribution in [0.4, 0.5) is 13.2 Å². The first kappa shape index (κ1) is 23.8. The second-order valence-corrected chi connectivity index (χ2v) is 7.50. The highest BCUT2D eigenvalue weighted by Gasteiger charge is 2.33. The van der Waals surface area contributed by atoms with Gasteiger partial charge in [0.25, 0.3) is 5.91 Å². The van der Waals surface area contributed by atoms with E-state index in [1.807, 2.05) is 18.2 Å². The molecule has 0 spiro atoms. The van der Waals surface area contributed by atoms with Gasteiger partial charge in [0.15, 0.2) is 17.2 Å². The van der Waals surface area contributed by atoms with Crippen LogP contribution in [-0.4, -0.2) is 27.8 Å². The molecule has 0 unspecified atom stereocenters. The molecule has 4 aromatic rings. The Morgan fingerprint density at radius 2 is 1.71 bits per heavy atom. The van der Waals surface area contributed by atoms with Crippen LogP contribution in [0.15, 0.2) is 79.3 Å². The smallest absolute Gasteiger partial charge is 0.435 e. The monoisotopic (exact) mass is 482 g/mol. The average Bonchev–Trinajstić information content (AvgIpc) is 3.38. The molecule has 4 rings (SSSR count). The molecule has 0 fully saturated rings. The first-order valence-corrected chi connectivity index (χ1v) is 10.5. The second kappa shape index (κ2) is 10.3. The van der Waals surface area contributed by atoms with Crippen molar-refractivity contribution < 1.29 is 27.4 Å². The zero-order valence-electron chi connectivity index (χ0n) is 18.6. The molecule has 1 N–H and O–H groups in total. The van der Waals surface area contributed by atoms with E-state index in [0.717, 1.165) is 21.9 Å². The number of nitrogens with one attached hydrogen (secondary N) is 1. The summed E-state index contributed by atoms with van der Waals surface area (Å²) in [7, 11) is 1.54. The van der Waals surface area contributed by atoms with Crippen molar-refractivity contribution in [2.75, 3.05) is 7.11 Å². The highest BCUT2D eigenvalue weighted by molar-refractivity contribution is 5.94. The van der Waals surface area contributed by atoms with E-state index in [-0.39, 0.29) is 12.5 Å². The summed E-state index contributed by atoms with van der Waals surface area (Å²) in [6.07, 6.45) is 0.0834. The summed E-state index contributed by atoms with van der Waals surface area (Å²) < 4.78 is 50.6. The molecule has 7 nitrogen and oxygen atoms in total. The summed E-state index contributed by atoms with van der Waals surface area (Å²) in [5.74, 6) is 0.778. The molecule has 2 aromatic carbocycles. The number of halogens is 3. The molecule has 10 heteroatoms. The van der Waals surface area contributed by atoms with E-state index in [2.05, 4.69) is 15.4 Å². The van der Waals surface area contributed by atoms with Crippen LogP contribution in [-0.2, 0) is 19.3 Å². The molecule has 35 heavy (non-hydrogen) atoms. The van der Waals surface area contributed by atoms with Crippen molar-refractivity contribution in [3.05, 3.63) is 102 Å². The summed E-state index contributed by atoms with van der Waals surface area (Å²) in [5, 5.41) is 6.34. The van der Waals surface area contributed by atoms with E-state index in [9.17, 15) is 18.0 Å². The van der Waals surface area contributed by atoms with E-state index in [1.54, 1.807) is 24.5 Å². The lowest BCUT2D eigenvalue weighted by atomic mass is 10.1. The third kappa shape index (κ3) is 5.97. The topological polar surface area (TPSA) is 78.3 Å². The number of hydrogen-bond donors (Lipinski definition) is 1. The molecule has 0 atom stereocenters. The van der Waals surface area contributed by atoms with Gasteiger partial charge < -0.3 is 14.8 Å². The quantitative estimate of drug-likeness (QED) is 0.390. The molecular formula is C25H21F3N4O3. The largest absolute Gasteiger partial charge is 0.493 e. The van der Waals surface area contributed by atoms with Crippen LogP contribution in [0, 0.1) is 0 Å². The molecule has 0 aliphatic heterocycles. The van der Waals surface area contributed by atoms with E-state index >= 15 is 0 Å². The predicted octanol–water partition coefficient (Wildman–Crippen LogP) is 4.80. The molecule has 0 aliphatic carbocycles. The van der Waals surface area contributed by atoms with Gasteiger partial charge in [0.1, 0.15) is 6.61 Å². The van der Waals surface area contributed by atoms with Crippen LogP contribution >= 0.6 is 0 Å². The first-order valence-electron chi connectivity index (χ1n) is 10.5. The average molecular weight is 482 g/mol. The zero-order chi connectivity index (χ0) is 24.8. The lowest BCUT2D eigenvalue weighted by Gasteiger charge is -2.13. The fourth-order valence-corrected chi connectivity index (χ4v) is 3.25. The molecule has 2 aromatic heterocycles. The Hall–Kier alpha value is -4.34. The van der Waals surface area contributed by atoms with E-state index in [0.29, 0.717) is 29.4 Å². The fraction of sp³-hybridized carbons (Fsp3) is 0.160. The Morgan fingerprint density at radius 1 is 0.971 bits per heavy atom. The number of nitrogens with zero attached hydrogens (tertiary/aromatic N) is 3. The van der Waals surface area contributed by atoms with Crippen molar-refractivity contribution in [3.63, 3.8) is 0 Å². The maximum absolute atomic E-state index is 12.7. The number of amides is 1. The Labute approximate surface area is 199 Å². The standard InChI is InChI=1S/C25H21F3N4O3/c1-34-22-14-18(2-7-21(22)35-16-17-8-11-29-12-9-17)15-30-24(33)19-3-5-20(6-4-19)32-13-10-23(31-32)25(26,27)28/h2-14H,15-16H2,1H3,(H,30,33). The highest BCUT2D eigenvalue weighted by Crippen LogP contribution is 2.29. The molecule has 0 bridgehead atoms. The van der Waals surface area contributed by atoms with Gasteiger partial charge in [-0.05, 0) is 65.7 Å². The molecule has 0 saturated carbocycles. The number of hydrogen-bond acceptors (Lipinski definition) is 5. The second-order valence-electron chi connectivity index (χ2n) is 7.50. The van der Waals surface area contributed by atoms with Gasteiger partial charge in [-0.15, -0.1) is 0 Å². The number of aromatic nitrogens is 3. The molecule has 0 saturated heterocycles. The summed E-state index contributed by atoms with van der Waals surface area (Å²) in [5.41, 5.74) is 1.56. The minimum atomic E-state index is -4.52. The maximum Gasteiger partial charge on any atom is 0.435 e. The number of benzene rings is 2. The van der Waals surface area contributed by atoms with Crippen LogP contribution < -0.4 is 14.8 Å². The third-order valence-electron chi connectivity index (χ3n) is 5.10. The van der Waals surface area contributed by atoms with Gasteiger partial charge in [-0.25, -0.2) is 4.68 Å². The minimum Gasteiger partial charge on any atom is -0.493 e. The van der Waals surface area contributed by atoms with Crippen molar-refractivity contribution in [2.24, 2.45) is 0 Å². The number of carbonyl (C=O) groups excluding carboxylic acids is 1. The van der Waals surface area contributed by atoms with Crippen molar-refractivity contribution >= 4 is 5.91 Å². The summed E-state index contributed by atoms with van der Waals surface area (Å²) in [6.45, 7) is 0.608. The lowest BCUT2D eigenvalue weighted by molar-refractivity contribution is -0.141. The van der Waals surface area contributed by atoms with E-state index in [4.69, 9.17) is 9.47 Å². The van der Waals surface area contributed by atoms with Gasteiger partial charge in [-0.2, -0.15) is 18.3 Å². The Morgan fingerprint density at radius 3 is 2.37 bits per heavy atom. The normalized spacial score (nSPS) is 11.2. The molecule has 1 amide bonds. The molecular weight excluding hydrogens is 461 g/mol. The van der Waals surface area contributed by atoms with Gasteiger partial charge >= 0.3 is 6.18 Å². The van der Waals surface area contributed by atoms with Crippen LogP contribution in [0.2, 0.25) is 0 Å². The van der Waals surface area contributed by atoms with Crippen LogP contribution in [0.3, 0.4) is 0 Å². The van der Waals surface area contributed by atoms with Gasteiger partial charge in [-0.1, -0.05) is 6.07 Å². The van der Waals surface area contributed by atoms with Crippen LogP contribution in [0.5, 0.6) is 11.5 Å². The summed E-state index contributed by atoms with van der Waals surface area (Å²) in [4.78, 5) is 16.5. The molecule has 0 radical (unpaired) electrons. The molecule has 180 valence electrons. The molecule has 0 aliphatic rings. The van der Waals surface area contributed by atoms with Gasteiger partial charge in [0.2, 0.25) is 0 Å².